The van der Waals surface area contributed by atoms with Crippen LogP contribution in [0, 0.1) is 17.8 Å². The van der Waals surface area contributed by atoms with Crippen LogP contribution in [0.5, 0.6) is 0 Å². The molecule has 2 rings (SSSR count). The van der Waals surface area contributed by atoms with Crippen molar-refractivity contribution in [3.05, 3.63) is 0 Å². The number of carbonyl (C=O) groups is 2. The fraction of sp³-hybridized carbons (Fsp3) is 0.846. The molecular formula is C13H22N2O4. The number of aliphatic carboxylic acids is 1. The summed E-state index contributed by atoms with van der Waals surface area (Å²) in [6.45, 7) is 1.16. The SMILES string of the molecule is NCC1CCC(C(=O)NC2COCC2C(=O)O)CC1. The van der Waals surface area contributed by atoms with Crippen molar-refractivity contribution in [3.8, 4) is 0 Å². The summed E-state index contributed by atoms with van der Waals surface area (Å²) in [5.74, 6) is -1.03. The second kappa shape index (κ2) is 6.34. The number of amides is 1. The summed E-state index contributed by atoms with van der Waals surface area (Å²) in [5.41, 5.74) is 5.63. The summed E-state index contributed by atoms with van der Waals surface area (Å²) in [4.78, 5) is 23.1. The van der Waals surface area contributed by atoms with Crippen LogP contribution in [0.2, 0.25) is 0 Å². The number of carbonyl (C=O) groups excluding carboxylic acids is 1. The smallest absolute Gasteiger partial charge is 0.311 e. The third kappa shape index (κ3) is 3.45. The van der Waals surface area contributed by atoms with Crippen LogP contribution < -0.4 is 11.1 Å². The largest absolute Gasteiger partial charge is 0.481 e. The number of carboxylic acid groups (broad SMARTS) is 1. The van der Waals surface area contributed by atoms with Crippen LogP contribution in [-0.4, -0.2) is 42.8 Å². The zero-order valence-electron chi connectivity index (χ0n) is 11.0. The van der Waals surface area contributed by atoms with Gasteiger partial charge in [0.2, 0.25) is 5.91 Å². The first kappa shape index (κ1) is 14.3. The number of rotatable bonds is 4. The number of nitrogens with two attached hydrogens (primary N) is 1. The van der Waals surface area contributed by atoms with Gasteiger partial charge in [-0.1, -0.05) is 0 Å². The standard InChI is InChI=1S/C13H22N2O4/c14-5-8-1-3-9(4-2-8)12(16)15-11-7-19-6-10(11)13(17)18/h8-11H,1-7,14H2,(H,15,16)(H,17,18). The summed E-state index contributed by atoms with van der Waals surface area (Å²) >= 11 is 0. The molecule has 1 amide bonds. The van der Waals surface area contributed by atoms with Gasteiger partial charge in [0.25, 0.3) is 0 Å². The predicted molar refractivity (Wildman–Crippen MR) is 68.4 cm³/mol. The van der Waals surface area contributed by atoms with E-state index < -0.39 is 17.9 Å². The number of nitrogens with one attached hydrogen (secondary N) is 1. The molecule has 1 aliphatic carbocycles. The van der Waals surface area contributed by atoms with E-state index >= 15 is 0 Å². The van der Waals surface area contributed by atoms with Gasteiger partial charge in [0.05, 0.1) is 19.3 Å². The van der Waals surface area contributed by atoms with Crippen molar-refractivity contribution >= 4 is 11.9 Å². The summed E-state index contributed by atoms with van der Waals surface area (Å²) in [6.07, 6.45) is 3.66. The number of hydrogen-bond donors (Lipinski definition) is 3. The van der Waals surface area contributed by atoms with Crippen LogP contribution >= 0.6 is 0 Å². The van der Waals surface area contributed by atoms with Gasteiger partial charge in [0.1, 0.15) is 5.92 Å². The lowest BCUT2D eigenvalue weighted by atomic mass is 9.81. The second-order valence-corrected chi connectivity index (χ2v) is 5.55. The highest BCUT2D eigenvalue weighted by atomic mass is 16.5. The van der Waals surface area contributed by atoms with Gasteiger partial charge in [0, 0.05) is 5.92 Å². The van der Waals surface area contributed by atoms with Gasteiger partial charge in [-0.3, -0.25) is 9.59 Å². The molecule has 0 bridgehead atoms. The second-order valence-electron chi connectivity index (χ2n) is 5.55. The summed E-state index contributed by atoms with van der Waals surface area (Å²) < 4.78 is 5.14. The highest BCUT2D eigenvalue weighted by Crippen LogP contribution is 2.28. The van der Waals surface area contributed by atoms with Crippen molar-refractivity contribution in [2.75, 3.05) is 19.8 Å². The van der Waals surface area contributed by atoms with Gasteiger partial charge in [-0.25, -0.2) is 0 Å². The highest BCUT2D eigenvalue weighted by Gasteiger charge is 2.36. The Morgan fingerprint density at radius 3 is 2.47 bits per heavy atom. The van der Waals surface area contributed by atoms with E-state index in [0.29, 0.717) is 19.1 Å². The molecule has 19 heavy (non-hydrogen) atoms. The van der Waals surface area contributed by atoms with Gasteiger partial charge in [-0.15, -0.1) is 0 Å². The maximum atomic E-state index is 12.1. The molecule has 2 aliphatic rings. The maximum absolute atomic E-state index is 12.1. The predicted octanol–water partition coefficient (Wildman–Crippen LogP) is -0.0327. The Kier molecular flexibility index (Phi) is 4.76. The van der Waals surface area contributed by atoms with E-state index in [4.69, 9.17) is 15.6 Å². The van der Waals surface area contributed by atoms with Crippen LogP contribution in [-0.2, 0) is 14.3 Å². The third-order valence-electron chi connectivity index (χ3n) is 4.28. The molecule has 6 heteroatoms. The van der Waals surface area contributed by atoms with Crippen LogP contribution in [0.1, 0.15) is 25.7 Å². The number of hydrogen-bond acceptors (Lipinski definition) is 4. The molecule has 1 heterocycles. The first-order chi connectivity index (χ1) is 9.11. The van der Waals surface area contributed by atoms with Crippen molar-refractivity contribution in [3.63, 3.8) is 0 Å². The Hall–Kier alpha value is -1.14. The zero-order valence-corrected chi connectivity index (χ0v) is 11.0. The van der Waals surface area contributed by atoms with Crippen molar-refractivity contribution < 1.29 is 19.4 Å². The molecule has 1 saturated carbocycles. The Morgan fingerprint density at radius 1 is 1.21 bits per heavy atom. The molecular weight excluding hydrogens is 248 g/mol. The van der Waals surface area contributed by atoms with Gasteiger partial charge < -0.3 is 20.9 Å². The zero-order chi connectivity index (χ0) is 13.8. The monoisotopic (exact) mass is 270 g/mol. The molecule has 1 saturated heterocycles. The summed E-state index contributed by atoms with van der Waals surface area (Å²) in [5, 5.41) is 11.9. The minimum Gasteiger partial charge on any atom is -0.481 e. The summed E-state index contributed by atoms with van der Waals surface area (Å²) in [7, 11) is 0. The van der Waals surface area contributed by atoms with Gasteiger partial charge in [-0.2, -0.15) is 0 Å². The van der Waals surface area contributed by atoms with Gasteiger partial charge >= 0.3 is 5.97 Å². The molecule has 0 aromatic rings. The van der Waals surface area contributed by atoms with E-state index in [1.54, 1.807) is 0 Å². The average molecular weight is 270 g/mol. The number of ether oxygens (including phenoxy) is 1. The molecule has 0 radical (unpaired) electrons. The minimum atomic E-state index is -0.908. The van der Waals surface area contributed by atoms with Crippen molar-refractivity contribution in [1.29, 1.82) is 0 Å². The molecule has 1 aliphatic heterocycles. The van der Waals surface area contributed by atoms with E-state index in [1.165, 1.54) is 0 Å². The maximum Gasteiger partial charge on any atom is 0.311 e. The fourth-order valence-corrected chi connectivity index (χ4v) is 2.90. The van der Waals surface area contributed by atoms with E-state index in [9.17, 15) is 9.59 Å². The average Bonchev–Trinajstić information content (AvgIpc) is 2.87. The molecule has 0 aromatic carbocycles. The van der Waals surface area contributed by atoms with Crippen LogP contribution in [0.15, 0.2) is 0 Å². The lowest BCUT2D eigenvalue weighted by molar-refractivity contribution is -0.142. The van der Waals surface area contributed by atoms with Crippen LogP contribution in [0.4, 0.5) is 0 Å². The van der Waals surface area contributed by atoms with Crippen LogP contribution in [0.25, 0.3) is 0 Å². The molecule has 0 spiro atoms. The number of carboxylic acids is 1. The molecule has 0 aromatic heterocycles. The quantitative estimate of drug-likeness (QED) is 0.665. The molecule has 2 unspecified atom stereocenters. The van der Waals surface area contributed by atoms with E-state index in [-0.39, 0.29) is 18.4 Å². The third-order valence-corrected chi connectivity index (χ3v) is 4.28. The fourth-order valence-electron chi connectivity index (χ4n) is 2.90. The van der Waals surface area contributed by atoms with Crippen LogP contribution in [0.3, 0.4) is 0 Å². The van der Waals surface area contributed by atoms with Crippen molar-refractivity contribution in [2.24, 2.45) is 23.5 Å². The Labute approximate surface area is 112 Å². The lowest BCUT2D eigenvalue weighted by Crippen LogP contribution is -2.45. The van der Waals surface area contributed by atoms with Crippen molar-refractivity contribution in [1.82, 2.24) is 5.32 Å². The van der Waals surface area contributed by atoms with E-state index in [1.807, 2.05) is 0 Å². The van der Waals surface area contributed by atoms with Gasteiger partial charge in [-0.05, 0) is 38.1 Å². The lowest BCUT2D eigenvalue weighted by Gasteiger charge is -2.28. The van der Waals surface area contributed by atoms with Crippen molar-refractivity contribution in [2.45, 2.75) is 31.7 Å². The molecule has 6 nitrogen and oxygen atoms in total. The molecule has 2 fully saturated rings. The normalized spacial score (nSPS) is 35.0. The Morgan fingerprint density at radius 2 is 1.89 bits per heavy atom. The Bertz CT molecular complexity index is 340. The molecule has 2 atom stereocenters. The van der Waals surface area contributed by atoms with Gasteiger partial charge in [0.15, 0.2) is 0 Å². The van der Waals surface area contributed by atoms with E-state index in [2.05, 4.69) is 5.32 Å². The van der Waals surface area contributed by atoms with E-state index in [0.717, 1.165) is 25.7 Å². The first-order valence-corrected chi connectivity index (χ1v) is 6.92. The highest BCUT2D eigenvalue weighted by molar-refractivity contribution is 5.80. The summed E-state index contributed by atoms with van der Waals surface area (Å²) in [6, 6.07) is -0.391. The Balaban J connectivity index is 1.82. The molecule has 108 valence electrons. The first-order valence-electron chi connectivity index (χ1n) is 6.92. The minimum absolute atomic E-state index is 0.00200. The molecule has 4 N–H and O–H groups in total. The topological polar surface area (TPSA) is 102 Å².